The van der Waals surface area contributed by atoms with Gasteiger partial charge in [-0.3, -0.25) is 0 Å². The van der Waals surface area contributed by atoms with Crippen LogP contribution in [0.25, 0.3) is 0 Å². The van der Waals surface area contributed by atoms with Gasteiger partial charge in [0.1, 0.15) is 4.90 Å². The van der Waals surface area contributed by atoms with Gasteiger partial charge in [0, 0.05) is 15.1 Å². The Balaban J connectivity index is 2.27. The number of nitrogen functional groups attached to an aromatic ring is 1. The van der Waals surface area contributed by atoms with E-state index in [0.717, 1.165) is 9.13 Å². The first kappa shape index (κ1) is 16.8. The fraction of sp³-hybridized carbons (Fsp3) is 0.0769. The third-order valence-electron chi connectivity index (χ3n) is 2.66. The molecule has 112 valence electrons. The van der Waals surface area contributed by atoms with Gasteiger partial charge in [0.25, 0.3) is 0 Å². The summed E-state index contributed by atoms with van der Waals surface area (Å²) in [5, 5.41) is 0.282. The fourth-order valence-electron chi connectivity index (χ4n) is 1.76. The van der Waals surface area contributed by atoms with Crippen molar-refractivity contribution in [1.29, 1.82) is 0 Å². The molecular weight excluding hydrogens is 446 g/mol. The van der Waals surface area contributed by atoms with E-state index in [-0.39, 0.29) is 27.2 Å². The van der Waals surface area contributed by atoms with Crippen molar-refractivity contribution in [1.82, 2.24) is 4.72 Å². The fourth-order valence-corrected chi connectivity index (χ4v) is 4.37. The summed E-state index contributed by atoms with van der Waals surface area (Å²) in [4.78, 5) is -0.154. The van der Waals surface area contributed by atoms with Crippen LogP contribution in [0, 0.1) is 3.57 Å². The van der Waals surface area contributed by atoms with Gasteiger partial charge in [-0.15, -0.1) is 0 Å². The predicted molar refractivity (Wildman–Crippen MR) is 94.1 cm³/mol. The summed E-state index contributed by atoms with van der Waals surface area (Å²) < 4.78 is 28.1. The van der Waals surface area contributed by atoms with Crippen LogP contribution in [0.4, 0.5) is 5.69 Å². The monoisotopic (exact) mass is 456 g/mol. The number of sulfonamides is 1. The standard InChI is InChI=1S/C13H11Cl2IN2O2S/c14-9-5-11(15)13(12(17)6-9)21(19,20)18-7-8-2-1-3-10(16)4-8/h1-6,18H,7,17H2. The van der Waals surface area contributed by atoms with Gasteiger partial charge in [-0.05, 0) is 52.4 Å². The van der Waals surface area contributed by atoms with E-state index in [9.17, 15) is 8.42 Å². The molecule has 2 rings (SSSR count). The molecule has 0 saturated carbocycles. The van der Waals surface area contributed by atoms with Gasteiger partial charge in [0.15, 0.2) is 0 Å². The molecule has 0 aliphatic heterocycles. The molecule has 8 heteroatoms. The molecule has 0 spiro atoms. The lowest BCUT2D eigenvalue weighted by Gasteiger charge is -2.11. The van der Waals surface area contributed by atoms with E-state index >= 15 is 0 Å². The number of halogens is 3. The van der Waals surface area contributed by atoms with Crippen molar-refractivity contribution in [2.75, 3.05) is 5.73 Å². The molecule has 2 aromatic rings. The first-order valence-corrected chi connectivity index (χ1v) is 9.10. The van der Waals surface area contributed by atoms with Crippen LogP contribution in [0.15, 0.2) is 41.3 Å². The minimum Gasteiger partial charge on any atom is -0.398 e. The Morgan fingerprint density at radius 3 is 2.52 bits per heavy atom. The summed E-state index contributed by atoms with van der Waals surface area (Å²) >= 11 is 13.9. The molecule has 0 heterocycles. The second-order valence-corrected chi connectivity index (χ2v) is 8.05. The number of anilines is 1. The summed E-state index contributed by atoms with van der Waals surface area (Å²) in [5.41, 5.74) is 6.57. The van der Waals surface area contributed by atoms with Crippen LogP contribution in [-0.2, 0) is 16.6 Å². The average molecular weight is 457 g/mol. The lowest BCUT2D eigenvalue weighted by molar-refractivity contribution is 0.582. The van der Waals surface area contributed by atoms with Crippen LogP contribution in [-0.4, -0.2) is 8.42 Å². The van der Waals surface area contributed by atoms with Gasteiger partial charge in [-0.2, -0.15) is 0 Å². The number of hydrogen-bond acceptors (Lipinski definition) is 3. The van der Waals surface area contributed by atoms with Crippen molar-refractivity contribution in [2.24, 2.45) is 0 Å². The van der Waals surface area contributed by atoms with Crippen molar-refractivity contribution >= 4 is 61.5 Å². The van der Waals surface area contributed by atoms with Gasteiger partial charge >= 0.3 is 0 Å². The van der Waals surface area contributed by atoms with Gasteiger partial charge in [-0.25, -0.2) is 13.1 Å². The molecule has 0 aromatic heterocycles. The maximum absolute atomic E-state index is 12.3. The molecule has 2 aromatic carbocycles. The van der Waals surface area contributed by atoms with Gasteiger partial charge in [0.05, 0.1) is 10.7 Å². The summed E-state index contributed by atoms with van der Waals surface area (Å²) in [6, 6.07) is 10.2. The van der Waals surface area contributed by atoms with E-state index in [0.29, 0.717) is 0 Å². The Labute approximate surface area is 146 Å². The zero-order valence-corrected chi connectivity index (χ0v) is 15.1. The Bertz CT molecular complexity index is 758. The maximum Gasteiger partial charge on any atom is 0.244 e. The molecule has 3 N–H and O–H groups in total. The third-order valence-corrected chi connectivity index (χ3v) is 5.48. The van der Waals surface area contributed by atoms with E-state index in [2.05, 4.69) is 27.3 Å². The quantitative estimate of drug-likeness (QED) is 0.544. The van der Waals surface area contributed by atoms with E-state index < -0.39 is 10.0 Å². The number of hydrogen-bond donors (Lipinski definition) is 2. The smallest absolute Gasteiger partial charge is 0.244 e. The zero-order chi connectivity index (χ0) is 15.6. The second-order valence-electron chi connectivity index (χ2n) is 4.26. The highest BCUT2D eigenvalue weighted by molar-refractivity contribution is 14.1. The van der Waals surface area contributed by atoms with Crippen LogP contribution >= 0.6 is 45.8 Å². The van der Waals surface area contributed by atoms with Crippen molar-refractivity contribution in [3.63, 3.8) is 0 Å². The second kappa shape index (κ2) is 6.70. The van der Waals surface area contributed by atoms with Crippen LogP contribution in [0.1, 0.15) is 5.56 Å². The highest BCUT2D eigenvalue weighted by Gasteiger charge is 2.21. The molecule has 4 nitrogen and oxygen atoms in total. The molecule has 0 aliphatic carbocycles. The van der Waals surface area contributed by atoms with E-state index in [4.69, 9.17) is 28.9 Å². The molecule has 0 unspecified atom stereocenters. The van der Waals surface area contributed by atoms with Crippen LogP contribution in [0.2, 0.25) is 10.0 Å². The Kier molecular flexibility index (Phi) is 5.37. The minimum absolute atomic E-state index is 0.00450. The Morgan fingerprint density at radius 2 is 1.90 bits per heavy atom. The van der Waals surface area contributed by atoms with Crippen LogP contribution < -0.4 is 10.5 Å². The first-order chi connectivity index (χ1) is 9.79. The van der Waals surface area contributed by atoms with Gasteiger partial charge in [-0.1, -0.05) is 35.3 Å². The summed E-state index contributed by atoms with van der Waals surface area (Å²) in [5.74, 6) is 0. The number of rotatable bonds is 4. The molecule has 0 radical (unpaired) electrons. The molecule has 0 atom stereocenters. The number of nitrogens with one attached hydrogen (secondary N) is 1. The third kappa shape index (κ3) is 4.23. The average Bonchev–Trinajstić information content (AvgIpc) is 2.35. The van der Waals surface area contributed by atoms with Gasteiger partial charge in [0.2, 0.25) is 10.0 Å². The van der Waals surface area contributed by atoms with E-state index in [1.54, 1.807) is 0 Å². The molecular formula is C13H11Cl2IN2O2S. The SMILES string of the molecule is Nc1cc(Cl)cc(Cl)c1S(=O)(=O)NCc1cccc(I)c1. The Hall–Kier alpha value is -0.540. The molecule has 0 amide bonds. The molecule has 0 bridgehead atoms. The molecule has 21 heavy (non-hydrogen) atoms. The highest BCUT2D eigenvalue weighted by atomic mass is 127. The highest BCUT2D eigenvalue weighted by Crippen LogP contribution is 2.31. The number of nitrogens with two attached hydrogens (primary N) is 1. The normalized spacial score (nSPS) is 11.6. The minimum atomic E-state index is -3.82. The van der Waals surface area contributed by atoms with E-state index in [1.165, 1.54) is 12.1 Å². The van der Waals surface area contributed by atoms with Crippen molar-refractivity contribution in [3.05, 3.63) is 55.6 Å². The van der Waals surface area contributed by atoms with Crippen LogP contribution in [0.3, 0.4) is 0 Å². The van der Waals surface area contributed by atoms with Crippen molar-refractivity contribution < 1.29 is 8.42 Å². The first-order valence-electron chi connectivity index (χ1n) is 5.78. The Morgan fingerprint density at radius 1 is 1.19 bits per heavy atom. The summed E-state index contributed by atoms with van der Waals surface area (Å²) in [7, 11) is -3.82. The summed E-state index contributed by atoms with van der Waals surface area (Å²) in [6.45, 7) is 0.150. The largest absolute Gasteiger partial charge is 0.398 e. The molecule has 0 fully saturated rings. The van der Waals surface area contributed by atoms with Gasteiger partial charge < -0.3 is 5.73 Å². The van der Waals surface area contributed by atoms with Crippen molar-refractivity contribution in [2.45, 2.75) is 11.4 Å². The topological polar surface area (TPSA) is 72.2 Å². The lowest BCUT2D eigenvalue weighted by atomic mass is 10.2. The predicted octanol–water partition coefficient (Wildman–Crippen LogP) is 3.66. The number of benzene rings is 2. The molecule has 0 aliphatic rings. The summed E-state index contributed by atoms with van der Waals surface area (Å²) in [6.07, 6.45) is 0. The van der Waals surface area contributed by atoms with E-state index in [1.807, 2.05) is 24.3 Å². The lowest BCUT2D eigenvalue weighted by Crippen LogP contribution is -2.24. The van der Waals surface area contributed by atoms with Crippen molar-refractivity contribution in [3.8, 4) is 0 Å². The zero-order valence-electron chi connectivity index (χ0n) is 10.6. The van der Waals surface area contributed by atoms with Crippen LogP contribution in [0.5, 0.6) is 0 Å². The molecule has 0 saturated heterocycles. The maximum atomic E-state index is 12.3.